The number of benzene rings is 1. The lowest BCUT2D eigenvalue weighted by Crippen LogP contribution is -2.38. The topological polar surface area (TPSA) is 29.1 Å². The number of hydrogen-bond acceptors (Lipinski definition) is 1. The van der Waals surface area contributed by atoms with E-state index >= 15 is 0 Å². The summed E-state index contributed by atoms with van der Waals surface area (Å²) in [5.74, 6) is -4.89. The van der Waals surface area contributed by atoms with Crippen molar-refractivity contribution in [3.63, 3.8) is 0 Å². The van der Waals surface area contributed by atoms with Crippen LogP contribution in [0.1, 0.15) is 23.2 Å². The van der Waals surface area contributed by atoms with Crippen molar-refractivity contribution in [1.82, 2.24) is 5.32 Å². The molecule has 0 bridgehead atoms. The summed E-state index contributed by atoms with van der Waals surface area (Å²) in [5.41, 5.74) is -0.535. The lowest BCUT2D eigenvalue weighted by molar-refractivity contribution is 0.0935. The Hall–Kier alpha value is -1.04. The maximum atomic E-state index is 12.9. The van der Waals surface area contributed by atoms with E-state index in [1.165, 1.54) is 0 Å². The Kier molecular flexibility index (Phi) is 3.16. The average molecular weight is 308 g/mol. The van der Waals surface area contributed by atoms with Gasteiger partial charge >= 0.3 is 0 Å². The van der Waals surface area contributed by atoms with Crippen LogP contribution in [0.25, 0.3) is 0 Å². The summed E-state index contributed by atoms with van der Waals surface area (Å²) in [7, 11) is 0. The number of carbonyl (C=O) groups is 1. The maximum absolute atomic E-state index is 12.9. The fourth-order valence-electron chi connectivity index (χ4n) is 1.44. The lowest BCUT2D eigenvalue weighted by atomic mass is 10.1. The van der Waals surface area contributed by atoms with Gasteiger partial charge in [-0.1, -0.05) is 15.9 Å². The van der Waals surface area contributed by atoms with Crippen LogP contribution in [0.2, 0.25) is 0 Å². The summed E-state index contributed by atoms with van der Waals surface area (Å²) >= 11 is 3.25. The Morgan fingerprint density at radius 2 is 1.82 bits per heavy atom. The third kappa shape index (κ3) is 2.46. The van der Waals surface area contributed by atoms with Gasteiger partial charge < -0.3 is 5.32 Å². The molecule has 0 spiro atoms. The number of nitrogens with one attached hydrogen (secondary N) is 1. The zero-order valence-corrected chi connectivity index (χ0v) is 10.3. The van der Waals surface area contributed by atoms with Gasteiger partial charge in [-0.15, -0.1) is 0 Å². The smallest absolute Gasteiger partial charge is 0.251 e. The van der Waals surface area contributed by atoms with Crippen LogP contribution in [0.3, 0.4) is 0 Å². The fraction of sp³-hybridized carbons (Fsp3) is 0.364. The third-order valence-electron chi connectivity index (χ3n) is 2.73. The monoisotopic (exact) mass is 307 g/mol. The summed E-state index contributed by atoms with van der Waals surface area (Å²) in [6.45, 7) is 0. The van der Waals surface area contributed by atoms with E-state index in [0.717, 1.165) is 12.8 Å². The molecule has 1 fully saturated rings. The second kappa shape index (κ2) is 4.33. The van der Waals surface area contributed by atoms with E-state index in [1.54, 1.807) is 0 Å². The Balaban J connectivity index is 2.20. The molecule has 1 aromatic carbocycles. The Morgan fingerprint density at radius 1 is 1.29 bits per heavy atom. The summed E-state index contributed by atoms with van der Waals surface area (Å²) in [4.78, 5) is 11.7. The van der Waals surface area contributed by atoms with Crippen molar-refractivity contribution in [3.8, 4) is 0 Å². The molecule has 1 aliphatic rings. The van der Waals surface area contributed by atoms with Crippen molar-refractivity contribution in [3.05, 3.63) is 35.1 Å². The second-order valence-electron chi connectivity index (χ2n) is 4.12. The second-order valence-corrected chi connectivity index (χ2v) is 4.68. The number of alkyl halides is 1. The SMILES string of the molecule is O=C(NC1(CBr)CC1)c1cc(F)c(F)c(F)c1. The molecule has 1 N–H and O–H groups in total. The van der Waals surface area contributed by atoms with Crippen LogP contribution in [-0.4, -0.2) is 16.8 Å². The number of rotatable bonds is 3. The molecule has 2 rings (SSSR count). The van der Waals surface area contributed by atoms with Crippen LogP contribution in [0.15, 0.2) is 12.1 Å². The minimum Gasteiger partial charge on any atom is -0.346 e. The van der Waals surface area contributed by atoms with E-state index in [0.29, 0.717) is 17.5 Å². The molecule has 0 atom stereocenters. The first-order valence-electron chi connectivity index (χ1n) is 5.00. The molecule has 1 saturated carbocycles. The highest BCUT2D eigenvalue weighted by atomic mass is 79.9. The highest BCUT2D eigenvalue weighted by Gasteiger charge is 2.43. The fourth-order valence-corrected chi connectivity index (χ4v) is 2.14. The molecular formula is C11H9BrF3NO. The first kappa shape index (κ1) is 12.4. The van der Waals surface area contributed by atoms with Crippen LogP contribution in [0.5, 0.6) is 0 Å². The molecule has 0 radical (unpaired) electrons. The number of amides is 1. The van der Waals surface area contributed by atoms with Gasteiger partial charge in [-0.2, -0.15) is 0 Å². The summed E-state index contributed by atoms with van der Waals surface area (Å²) in [5, 5.41) is 3.25. The first-order valence-corrected chi connectivity index (χ1v) is 6.13. The van der Waals surface area contributed by atoms with Crippen LogP contribution in [0.4, 0.5) is 13.2 Å². The summed E-state index contributed by atoms with van der Waals surface area (Å²) in [6.07, 6.45) is 1.63. The van der Waals surface area contributed by atoms with Gasteiger partial charge in [0, 0.05) is 10.9 Å². The van der Waals surface area contributed by atoms with Gasteiger partial charge in [-0.3, -0.25) is 4.79 Å². The molecule has 0 heterocycles. The van der Waals surface area contributed by atoms with E-state index in [4.69, 9.17) is 0 Å². The largest absolute Gasteiger partial charge is 0.346 e. The molecule has 0 aromatic heterocycles. The molecule has 92 valence electrons. The summed E-state index contributed by atoms with van der Waals surface area (Å²) in [6, 6.07) is 1.39. The van der Waals surface area contributed by atoms with Crippen molar-refractivity contribution >= 4 is 21.8 Å². The molecule has 0 unspecified atom stereocenters. The van der Waals surface area contributed by atoms with Gasteiger partial charge in [-0.25, -0.2) is 13.2 Å². The Labute approximate surface area is 104 Å². The van der Waals surface area contributed by atoms with Gasteiger partial charge in [0.05, 0.1) is 5.54 Å². The Bertz CT molecular complexity index is 451. The quantitative estimate of drug-likeness (QED) is 0.675. The van der Waals surface area contributed by atoms with Crippen LogP contribution in [0, 0.1) is 17.5 Å². The van der Waals surface area contributed by atoms with Gasteiger partial charge in [0.15, 0.2) is 17.5 Å². The van der Waals surface area contributed by atoms with Gasteiger partial charge in [0.1, 0.15) is 0 Å². The first-order chi connectivity index (χ1) is 7.97. The predicted molar refractivity (Wildman–Crippen MR) is 59.5 cm³/mol. The van der Waals surface area contributed by atoms with Gasteiger partial charge in [0.2, 0.25) is 0 Å². The zero-order valence-electron chi connectivity index (χ0n) is 8.70. The van der Waals surface area contributed by atoms with Crippen LogP contribution >= 0.6 is 15.9 Å². The van der Waals surface area contributed by atoms with E-state index in [1.807, 2.05) is 0 Å². The van der Waals surface area contributed by atoms with Gasteiger partial charge in [-0.05, 0) is 25.0 Å². The van der Waals surface area contributed by atoms with E-state index < -0.39 is 23.4 Å². The molecule has 2 nitrogen and oxygen atoms in total. The van der Waals surface area contributed by atoms with Crippen LogP contribution in [-0.2, 0) is 0 Å². The van der Waals surface area contributed by atoms with Crippen molar-refractivity contribution < 1.29 is 18.0 Å². The average Bonchev–Trinajstić information content (AvgIpc) is 3.05. The highest BCUT2D eigenvalue weighted by Crippen LogP contribution is 2.37. The zero-order chi connectivity index (χ0) is 12.6. The molecule has 1 aliphatic carbocycles. The number of hydrogen-bond donors (Lipinski definition) is 1. The minimum absolute atomic E-state index is 0.214. The molecule has 0 saturated heterocycles. The minimum atomic E-state index is -1.57. The normalized spacial score (nSPS) is 16.7. The van der Waals surface area contributed by atoms with Crippen molar-refractivity contribution in [2.75, 3.05) is 5.33 Å². The maximum Gasteiger partial charge on any atom is 0.251 e. The van der Waals surface area contributed by atoms with E-state index in [-0.39, 0.29) is 11.1 Å². The van der Waals surface area contributed by atoms with Crippen molar-refractivity contribution in [2.45, 2.75) is 18.4 Å². The number of carbonyl (C=O) groups excluding carboxylic acids is 1. The molecule has 1 amide bonds. The van der Waals surface area contributed by atoms with Crippen molar-refractivity contribution in [1.29, 1.82) is 0 Å². The standard InChI is InChI=1S/C11H9BrF3NO/c12-5-11(1-2-11)16-10(17)6-3-7(13)9(15)8(14)4-6/h3-4H,1-2,5H2,(H,16,17). The van der Waals surface area contributed by atoms with Crippen LogP contribution < -0.4 is 5.32 Å². The third-order valence-corrected chi connectivity index (χ3v) is 3.81. The van der Waals surface area contributed by atoms with Crippen molar-refractivity contribution in [2.24, 2.45) is 0 Å². The number of halogens is 4. The summed E-state index contributed by atoms with van der Waals surface area (Å²) < 4.78 is 38.6. The van der Waals surface area contributed by atoms with E-state index in [2.05, 4.69) is 21.2 Å². The molecule has 17 heavy (non-hydrogen) atoms. The van der Waals surface area contributed by atoms with Gasteiger partial charge in [0.25, 0.3) is 5.91 Å². The molecule has 1 aromatic rings. The molecular weight excluding hydrogens is 299 g/mol. The predicted octanol–water partition coefficient (Wildman–Crippen LogP) is 2.76. The molecule has 6 heteroatoms. The lowest BCUT2D eigenvalue weighted by Gasteiger charge is -2.14. The Morgan fingerprint density at radius 3 is 2.24 bits per heavy atom. The highest BCUT2D eigenvalue weighted by molar-refractivity contribution is 9.09. The molecule has 0 aliphatic heterocycles. The van der Waals surface area contributed by atoms with E-state index in [9.17, 15) is 18.0 Å².